The fourth-order valence-corrected chi connectivity index (χ4v) is 2.18. The lowest BCUT2D eigenvalue weighted by Gasteiger charge is -2.12. The molecule has 4 nitrogen and oxygen atoms in total. The molecule has 0 aliphatic rings. The van der Waals surface area contributed by atoms with Gasteiger partial charge in [0.05, 0.1) is 4.92 Å². The van der Waals surface area contributed by atoms with E-state index in [1.54, 1.807) is 13.0 Å². The van der Waals surface area contributed by atoms with E-state index in [4.69, 9.17) is 0 Å². The van der Waals surface area contributed by atoms with E-state index in [1.165, 1.54) is 17.2 Å². The molecule has 0 aromatic heterocycles. The van der Waals surface area contributed by atoms with Crippen LogP contribution in [0.4, 0.5) is 11.4 Å². The molecule has 0 unspecified atom stereocenters. The average molecular weight is 270 g/mol. The Balaban J connectivity index is 2.21. The summed E-state index contributed by atoms with van der Waals surface area (Å²) in [5.74, 6) is 0. The second-order valence-corrected chi connectivity index (χ2v) is 4.99. The molecule has 0 atom stereocenters. The molecule has 0 bridgehead atoms. The predicted molar refractivity (Wildman–Crippen MR) is 81.1 cm³/mol. The van der Waals surface area contributed by atoms with Gasteiger partial charge in [-0.3, -0.25) is 10.1 Å². The van der Waals surface area contributed by atoms with Crippen LogP contribution in [-0.2, 0) is 6.54 Å². The lowest BCUT2D eigenvalue weighted by atomic mass is 10.1. The summed E-state index contributed by atoms with van der Waals surface area (Å²) >= 11 is 0. The number of rotatable bonds is 4. The summed E-state index contributed by atoms with van der Waals surface area (Å²) in [7, 11) is 0. The van der Waals surface area contributed by atoms with E-state index >= 15 is 0 Å². The van der Waals surface area contributed by atoms with Gasteiger partial charge in [-0.25, -0.2) is 0 Å². The highest BCUT2D eigenvalue weighted by molar-refractivity contribution is 5.54. The van der Waals surface area contributed by atoms with Crippen LogP contribution in [0.15, 0.2) is 36.4 Å². The van der Waals surface area contributed by atoms with E-state index in [2.05, 4.69) is 23.5 Å². The van der Waals surface area contributed by atoms with Crippen molar-refractivity contribution in [1.29, 1.82) is 0 Å². The van der Waals surface area contributed by atoms with Gasteiger partial charge in [0.1, 0.15) is 0 Å². The minimum absolute atomic E-state index is 0.172. The predicted octanol–water partition coefficient (Wildman–Crippen LogP) is 4.13. The van der Waals surface area contributed by atoms with Gasteiger partial charge in [0.2, 0.25) is 0 Å². The van der Waals surface area contributed by atoms with Crippen LogP contribution < -0.4 is 5.32 Å². The van der Waals surface area contributed by atoms with Crippen molar-refractivity contribution in [1.82, 2.24) is 0 Å². The maximum atomic E-state index is 10.9. The third-order valence-electron chi connectivity index (χ3n) is 3.48. The molecule has 0 amide bonds. The fraction of sp³-hybridized carbons (Fsp3) is 0.250. The topological polar surface area (TPSA) is 55.2 Å². The molecule has 0 fully saturated rings. The molecule has 0 aliphatic carbocycles. The zero-order valence-electron chi connectivity index (χ0n) is 11.9. The lowest BCUT2D eigenvalue weighted by molar-refractivity contribution is -0.385. The maximum absolute atomic E-state index is 10.9. The van der Waals surface area contributed by atoms with Gasteiger partial charge in [-0.15, -0.1) is 0 Å². The van der Waals surface area contributed by atoms with Gasteiger partial charge in [0.15, 0.2) is 0 Å². The van der Waals surface area contributed by atoms with Crippen LogP contribution in [0.2, 0.25) is 0 Å². The quantitative estimate of drug-likeness (QED) is 0.671. The largest absolute Gasteiger partial charge is 0.381 e. The number of hydrogen-bond donors (Lipinski definition) is 1. The van der Waals surface area contributed by atoms with Gasteiger partial charge < -0.3 is 5.32 Å². The van der Waals surface area contributed by atoms with Crippen LogP contribution in [0.5, 0.6) is 0 Å². The van der Waals surface area contributed by atoms with Crippen molar-refractivity contribution in [3.8, 4) is 0 Å². The molecule has 0 saturated carbocycles. The third-order valence-corrected chi connectivity index (χ3v) is 3.48. The van der Waals surface area contributed by atoms with E-state index in [0.717, 1.165) is 16.8 Å². The van der Waals surface area contributed by atoms with E-state index in [0.29, 0.717) is 6.54 Å². The molecule has 104 valence electrons. The second-order valence-electron chi connectivity index (χ2n) is 4.99. The Kier molecular flexibility index (Phi) is 4.03. The van der Waals surface area contributed by atoms with Gasteiger partial charge in [0.25, 0.3) is 5.69 Å². The van der Waals surface area contributed by atoms with Crippen LogP contribution in [0, 0.1) is 30.9 Å². The van der Waals surface area contributed by atoms with E-state index in [9.17, 15) is 10.1 Å². The van der Waals surface area contributed by atoms with Crippen molar-refractivity contribution >= 4 is 11.4 Å². The summed E-state index contributed by atoms with van der Waals surface area (Å²) in [6, 6.07) is 11.4. The van der Waals surface area contributed by atoms with Crippen LogP contribution >= 0.6 is 0 Å². The normalized spacial score (nSPS) is 10.3. The molecule has 2 aromatic carbocycles. The van der Waals surface area contributed by atoms with Gasteiger partial charge in [0, 0.05) is 23.9 Å². The van der Waals surface area contributed by atoms with E-state index < -0.39 is 0 Å². The van der Waals surface area contributed by atoms with E-state index in [-0.39, 0.29) is 10.6 Å². The fourth-order valence-electron chi connectivity index (χ4n) is 2.18. The van der Waals surface area contributed by atoms with E-state index in [1.807, 2.05) is 19.9 Å². The zero-order chi connectivity index (χ0) is 14.7. The number of aryl methyl sites for hydroxylation is 2. The number of nitrogens with zero attached hydrogens (tertiary/aromatic N) is 1. The SMILES string of the molecule is Cc1ccc(C)c(NCc2cccc([N+](=O)[O-])c2C)c1. The Morgan fingerprint density at radius 3 is 2.60 bits per heavy atom. The number of benzene rings is 2. The molecular weight excluding hydrogens is 252 g/mol. The maximum Gasteiger partial charge on any atom is 0.272 e. The minimum atomic E-state index is -0.337. The summed E-state index contributed by atoms with van der Waals surface area (Å²) in [5.41, 5.74) is 5.25. The highest BCUT2D eigenvalue weighted by Crippen LogP contribution is 2.23. The Bertz CT molecular complexity index is 651. The zero-order valence-corrected chi connectivity index (χ0v) is 11.9. The standard InChI is InChI=1S/C16H18N2O2/c1-11-7-8-12(2)15(9-11)17-10-14-5-4-6-16(13(14)3)18(19)20/h4-9,17H,10H2,1-3H3. The Labute approximate surface area is 118 Å². The molecule has 0 heterocycles. The summed E-state index contributed by atoms with van der Waals surface area (Å²) in [5, 5.41) is 14.3. The summed E-state index contributed by atoms with van der Waals surface area (Å²) < 4.78 is 0. The average Bonchev–Trinajstić information content (AvgIpc) is 2.41. The number of nitro benzene ring substituents is 1. The first-order valence-electron chi connectivity index (χ1n) is 6.53. The summed E-state index contributed by atoms with van der Waals surface area (Å²) in [4.78, 5) is 10.6. The van der Waals surface area contributed by atoms with Crippen molar-refractivity contribution in [2.45, 2.75) is 27.3 Å². The van der Waals surface area contributed by atoms with Crippen molar-refractivity contribution in [2.24, 2.45) is 0 Å². The van der Waals surface area contributed by atoms with Gasteiger partial charge >= 0.3 is 0 Å². The van der Waals surface area contributed by atoms with Crippen molar-refractivity contribution < 1.29 is 4.92 Å². The first-order valence-corrected chi connectivity index (χ1v) is 6.53. The molecule has 0 aliphatic heterocycles. The first kappa shape index (κ1) is 14.1. The van der Waals surface area contributed by atoms with Crippen LogP contribution in [0.25, 0.3) is 0 Å². The smallest absolute Gasteiger partial charge is 0.272 e. The lowest BCUT2D eigenvalue weighted by Crippen LogP contribution is -2.04. The Morgan fingerprint density at radius 1 is 1.15 bits per heavy atom. The van der Waals surface area contributed by atoms with Crippen molar-refractivity contribution in [2.75, 3.05) is 5.32 Å². The number of nitrogens with one attached hydrogen (secondary N) is 1. The molecule has 2 aromatic rings. The van der Waals surface area contributed by atoms with Crippen LogP contribution in [0.1, 0.15) is 22.3 Å². The molecule has 0 radical (unpaired) electrons. The molecule has 2 rings (SSSR count). The summed E-state index contributed by atoms with van der Waals surface area (Å²) in [6.45, 7) is 6.46. The summed E-state index contributed by atoms with van der Waals surface area (Å²) in [6.07, 6.45) is 0. The molecular formula is C16H18N2O2. The van der Waals surface area contributed by atoms with Gasteiger partial charge in [-0.2, -0.15) is 0 Å². The Hall–Kier alpha value is -2.36. The number of hydrogen-bond acceptors (Lipinski definition) is 3. The van der Waals surface area contributed by atoms with Crippen LogP contribution in [0.3, 0.4) is 0 Å². The molecule has 4 heteroatoms. The molecule has 1 N–H and O–H groups in total. The number of nitro groups is 1. The first-order chi connectivity index (χ1) is 9.49. The highest BCUT2D eigenvalue weighted by atomic mass is 16.6. The minimum Gasteiger partial charge on any atom is -0.381 e. The van der Waals surface area contributed by atoms with Crippen molar-refractivity contribution in [3.63, 3.8) is 0 Å². The van der Waals surface area contributed by atoms with Crippen molar-refractivity contribution in [3.05, 3.63) is 68.8 Å². The van der Waals surface area contributed by atoms with Crippen LogP contribution in [-0.4, -0.2) is 4.92 Å². The molecule has 0 saturated heterocycles. The highest BCUT2D eigenvalue weighted by Gasteiger charge is 2.12. The van der Waals surface area contributed by atoms with Gasteiger partial charge in [-0.05, 0) is 43.5 Å². The molecule has 0 spiro atoms. The third kappa shape index (κ3) is 2.96. The second kappa shape index (κ2) is 5.74. The van der Waals surface area contributed by atoms with Gasteiger partial charge in [-0.1, -0.05) is 24.3 Å². The Morgan fingerprint density at radius 2 is 1.90 bits per heavy atom. The molecule has 20 heavy (non-hydrogen) atoms. The monoisotopic (exact) mass is 270 g/mol. The number of anilines is 1.